The van der Waals surface area contributed by atoms with Crippen LogP contribution >= 0.6 is 23.2 Å². The zero-order valence-corrected chi connectivity index (χ0v) is 19.1. The number of amides is 1. The second kappa shape index (κ2) is 8.44. The van der Waals surface area contributed by atoms with Crippen LogP contribution in [-0.4, -0.2) is 37.2 Å². The molecule has 0 saturated heterocycles. The SMILES string of the molecule is COc1cc(NC(=O)C(C)(C)Oc2ccc(C3CC3(Cl)Cl)cc2)cc(OC)c1OC. The predicted octanol–water partition coefficient (Wildman–Crippen LogP) is 5.17. The molecule has 1 amide bonds. The third-order valence-corrected chi connectivity index (χ3v) is 5.79. The highest BCUT2D eigenvalue weighted by Crippen LogP contribution is 2.59. The molecule has 3 rings (SSSR count). The maximum Gasteiger partial charge on any atom is 0.267 e. The fraction of sp³-hybridized carbons (Fsp3) is 0.409. The number of hydrogen-bond acceptors (Lipinski definition) is 5. The number of anilines is 1. The van der Waals surface area contributed by atoms with Crippen molar-refractivity contribution in [2.75, 3.05) is 26.6 Å². The molecule has 0 heterocycles. The number of alkyl halides is 2. The number of hydrogen-bond donors (Lipinski definition) is 1. The Hall–Kier alpha value is -2.31. The lowest BCUT2D eigenvalue weighted by molar-refractivity contribution is -0.128. The molecule has 1 aliphatic carbocycles. The molecule has 2 aromatic rings. The molecule has 1 saturated carbocycles. The third kappa shape index (κ3) is 4.71. The maximum atomic E-state index is 12.9. The molecule has 30 heavy (non-hydrogen) atoms. The van der Waals surface area contributed by atoms with E-state index in [2.05, 4.69) is 5.32 Å². The summed E-state index contributed by atoms with van der Waals surface area (Å²) in [5, 5.41) is 2.84. The molecule has 0 aromatic heterocycles. The van der Waals surface area contributed by atoms with Crippen molar-refractivity contribution in [3.8, 4) is 23.0 Å². The molecule has 162 valence electrons. The first-order chi connectivity index (χ1) is 14.1. The van der Waals surface area contributed by atoms with Crippen molar-refractivity contribution in [3.63, 3.8) is 0 Å². The van der Waals surface area contributed by atoms with Crippen LogP contribution in [0.1, 0.15) is 31.7 Å². The van der Waals surface area contributed by atoms with Crippen molar-refractivity contribution < 1.29 is 23.7 Å². The number of ether oxygens (including phenoxy) is 4. The second-order valence-electron chi connectivity index (χ2n) is 7.57. The summed E-state index contributed by atoms with van der Waals surface area (Å²) in [6, 6.07) is 10.8. The van der Waals surface area contributed by atoms with E-state index < -0.39 is 9.93 Å². The van der Waals surface area contributed by atoms with Crippen molar-refractivity contribution in [2.45, 2.75) is 36.1 Å². The van der Waals surface area contributed by atoms with Gasteiger partial charge in [0.05, 0.1) is 21.3 Å². The van der Waals surface area contributed by atoms with Gasteiger partial charge in [0.25, 0.3) is 5.91 Å². The van der Waals surface area contributed by atoms with E-state index in [1.54, 1.807) is 26.0 Å². The van der Waals surface area contributed by atoms with Crippen LogP contribution in [-0.2, 0) is 4.79 Å². The van der Waals surface area contributed by atoms with Gasteiger partial charge in [-0.15, -0.1) is 23.2 Å². The zero-order chi connectivity index (χ0) is 22.1. The normalized spacial score (nSPS) is 17.1. The fourth-order valence-electron chi connectivity index (χ4n) is 3.12. The largest absolute Gasteiger partial charge is 0.493 e. The van der Waals surface area contributed by atoms with Gasteiger partial charge in [-0.05, 0) is 38.0 Å². The van der Waals surface area contributed by atoms with Gasteiger partial charge in [-0.2, -0.15) is 0 Å². The number of carbonyl (C=O) groups excluding carboxylic acids is 1. The molecule has 0 bridgehead atoms. The number of nitrogens with one attached hydrogen (secondary N) is 1. The van der Waals surface area contributed by atoms with Crippen molar-refractivity contribution in [1.29, 1.82) is 0 Å². The van der Waals surface area contributed by atoms with E-state index in [4.69, 9.17) is 42.1 Å². The first kappa shape index (κ1) is 22.4. The summed E-state index contributed by atoms with van der Waals surface area (Å²) in [5.41, 5.74) is 0.410. The summed E-state index contributed by atoms with van der Waals surface area (Å²) in [7, 11) is 4.55. The Morgan fingerprint density at radius 2 is 1.57 bits per heavy atom. The number of methoxy groups -OCH3 is 3. The summed E-state index contributed by atoms with van der Waals surface area (Å²) < 4.78 is 21.2. The summed E-state index contributed by atoms with van der Waals surface area (Å²) in [4.78, 5) is 12.9. The smallest absolute Gasteiger partial charge is 0.267 e. The van der Waals surface area contributed by atoms with E-state index in [0.717, 1.165) is 12.0 Å². The van der Waals surface area contributed by atoms with Gasteiger partial charge in [0.15, 0.2) is 17.1 Å². The third-order valence-electron chi connectivity index (χ3n) is 4.95. The topological polar surface area (TPSA) is 66.0 Å². The Labute approximate surface area is 186 Å². The van der Waals surface area contributed by atoms with E-state index in [-0.39, 0.29) is 11.8 Å². The van der Waals surface area contributed by atoms with E-state index in [1.165, 1.54) is 21.3 Å². The van der Waals surface area contributed by atoms with Gasteiger partial charge in [0.1, 0.15) is 10.1 Å². The number of halogens is 2. The van der Waals surface area contributed by atoms with Crippen molar-refractivity contribution >= 4 is 34.8 Å². The highest BCUT2D eigenvalue weighted by Gasteiger charge is 2.52. The van der Waals surface area contributed by atoms with Gasteiger partial charge in [-0.3, -0.25) is 4.79 Å². The van der Waals surface area contributed by atoms with Crippen LogP contribution in [0.3, 0.4) is 0 Å². The van der Waals surface area contributed by atoms with E-state index in [9.17, 15) is 4.79 Å². The van der Waals surface area contributed by atoms with Crippen molar-refractivity contribution in [1.82, 2.24) is 0 Å². The summed E-state index contributed by atoms with van der Waals surface area (Å²) in [6.45, 7) is 3.38. The fourth-order valence-corrected chi connectivity index (χ4v) is 3.68. The minimum atomic E-state index is -1.13. The van der Waals surface area contributed by atoms with Crippen molar-refractivity contribution in [2.24, 2.45) is 0 Å². The van der Waals surface area contributed by atoms with Crippen LogP contribution in [0, 0.1) is 0 Å². The quantitative estimate of drug-likeness (QED) is 0.558. The molecular formula is C22H25Cl2NO5. The summed E-state index contributed by atoms with van der Waals surface area (Å²) in [6.07, 6.45) is 0.735. The molecule has 1 atom stereocenters. The van der Waals surface area contributed by atoms with Gasteiger partial charge in [0, 0.05) is 23.7 Å². The summed E-state index contributed by atoms with van der Waals surface area (Å²) in [5.74, 6) is 1.70. The Balaban J connectivity index is 1.71. The summed E-state index contributed by atoms with van der Waals surface area (Å²) >= 11 is 12.2. The molecule has 0 spiro atoms. The minimum Gasteiger partial charge on any atom is -0.493 e. The Morgan fingerprint density at radius 3 is 2.00 bits per heavy atom. The lowest BCUT2D eigenvalue weighted by Crippen LogP contribution is -2.42. The molecule has 0 aliphatic heterocycles. The van der Waals surface area contributed by atoms with Gasteiger partial charge in [0.2, 0.25) is 5.75 Å². The van der Waals surface area contributed by atoms with Crippen LogP contribution in [0.2, 0.25) is 0 Å². The molecule has 0 radical (unpaired) electrons. The Morgan fingerprint density at radius 1 is 1.03 bits per heavy atom. The number of rotatable bonds is 8. The van der Waals surface area contributed by atoms with E-state index >= 15 is 0 Å². The number of benzene rings is 2. The average Bonchev–Trinajstić information content (AvgIpc) is 3.35. The molecule has 6 nitrogen and oxygen atoms in total. The molecule has 1 aliphatic rings. The van der Waals surface area contributed by atoms with Crippen LogP contribution in [0.4, 0.5) is 5.69 Å². The molecule has 1 N–H and O–H groups in total. The predicted molar refractivity (Wildman–Crippen MR) is 118 cm³/mol. The highest BCUT2D eigenvalue weighted by atomic mass is 35.5. The van der Waals surface area contributed by atoms with Gasteiger partial charge >= 0.3 is 0 Å². The minimum absolute atomic E-state index is 0.131. The van der Waals surface area contributed by atoms with Crippen LogP contribution in [0.15, 0.2) is 36.4 Å². The molecular weight excluding hydrogens is 429 g/mol. The zero-order valence-electron chi connectivity index (χ0n) is 17.5. The first-order valence-corrected chi connectivity index (χ1v) is 10.1. The lowest BCUT2D eigenvalue weighted by atomic mass is 10.1. The van der Waals surface area contributed by atoms with Crippen LogP contribution in [0.5, 0.6) is 23.0 Å². The molecule has 8 heteroatoms. The highest BCUT2D eigenvalue weighted by molar-refractivity contribution is 6.51. The Kier molecular flexibility index (Phi) is 6.29. The maximum absolute atomic E-state index is 12.9. The second-order valence-corrected chi connectivity index (χ2v) is 9.11. The molecule has 1 unspecified atom stereocenters. The standard InChI is InChI=1S/C22H25Cl2NO5/c1-21(2,30-15-8-6-13(7-9-15)16-12-22(16,23)24)20(26)25-14-10-17(27-3)19(29-5)18(11-14)28-4/h6-11,16H,12H2,1-5H3,(H,25,26). The molecule has 2 aromatic carbocycles. The van der Waals surface area contributed by atoms with E-state index in [1.807, 2.05) is 24.3 Å². The molecule has 1 fully saturated rings. The van der Waals surface area contributed by atoms with Crippen LogP contribution in [0.25, 0.3) is 0 Å². The monoisotopic (exact) mass is 453 g/mol. The number of carbonyl (C=O) groups is 1. The Bertz CT molecular complexity index is 903. The van der Waals surface area contributed by atoms with Gasteiger partial charge in [-0.25, -0.2) is 0 Å². The first-order valence-electron chi connectivity index (χ1n) is 9.39. The van der Waals surface area contributed by atoms with E-state index in [0.29, 0.717) is 28.7 Å². The lowest BCUT2D eigenvalue weighted by Gasteiger charge is -2.26. The van der Waals surface area contributed by atoms with Crippen molar-refractivity contribution in [3.05, 3.63) is 42.0 Å². The average molecular weight is 454 g/mol. The van der Waals surface area contributed by atoms with Gasteiger partial charge in [-0.1, -0.05) is 12.1 Å². The van der Waals surface area contributed by atoms with Crippen LogP contribution < -0.4 is 24.3 Å². The van der Waals surface area contributed by atoms with Gasteiger partial charge < -0.3 is 24.3 Å².